The van der Waals surface area contributed by atoms with Crippen LogP contribution in [-0.2, 0) is 11.8 Å². The minimum Gasteiger partial charge on any atom is -0.294 e. The van der Waals surface area contributed by atoms with Gasteiger partial charge in [-0.3, -0.25) is 9.89 Å². The van der Waals surface area contributed by atoms with E-state index in [9.17, 15) is 4.79 Å². The Kier molecular flexibility index (Phi) is 3.89. The molecular formula is C17H24N2O. The van der Waals surface area contributed by atoms with Gasteiger partial charge in [0, 0.05) is 16.7 Å². The molecule has 3 heteroatoms. The van der Waals surface area contributed by atoms with Gasteiger partial charge in [-0.2, -0.15) is 0 Å². The summed E-state index contributed by atoms with van der Waals surface area (Å²) in [6.07, 6.45) is 1.80. The standard InChI is InChI=1S/C17H24N2O/c1-6-7-14-15(17(3,4)5)18-19(16(14)20)13-10-8-12(2)9-11-13/h8-11,18H,6-7H2,1-5H3. The molecule has 0 amide bonds. The number of hydrogen-bond acceptors (Lipinski definition) is 1. The van der Waals surface area contributed by atoms with E-state index in [1.807, 2.05) is 31.2 Å². The van der Waals surface area contributed by atoms with E-state index in [1.54, 1.807) is 4.68 Å². The Hall–Kier alpha value is -1.77. The highest BCUT2D eigenvalue weighted by Crippen LogP contribution is 2.24. The van der Waals surface area contributed by atoms with Gasteiger partial charge in [0.1, 0.15) is 0 Å². The molecule has 0 aliphatic carbocycles. The molecule has 0 spiro atoms. The minimum atomic E-state index is -0.0559. The van der Waals surface area contributed by atoms with Crippen LogP contribution in [0.1, 0.15) is 50.9 Å². The number of hydrogen-bond donors (Lipinski definition) is 1. The maximum Gasteiger partial charge on any atom is 0.274 e. The molecule has 108 valence electrons. The fourth-order valence-electron chi connectivity index (χ4n) is 2.45. The molecule has 3 nitrogen and oxygen atoms in total. The molecular weight excluding hydrogens is 248 g/mol. The van der Waals surface area contributed by atoms with Gasteiger partial charge < -0.3 is 0 Å². The van der Waals surface area contributed by atoms with Crippen LogP contribution in [0.3, 0.4) is 0 Å². The van der Waals surface area contributed by atoms with Crippen LogP contribution in [0.25, 0.3) is 5.69 Å². The Labute approximate surface area is 120 Å². The normalized spacial score (nSPS) is 11.8. The van der Waals surface area contributed by atoms with E-state index < -0.39 is 0 Å². The SMILES string of the molecule is CCCc1c(C(C)(C)C)[nH]n(-c2ccc(C)cc2)c1=O. The van der Waals surface area contributed by atoms with Gasteiger partial charge >= 0.3 is 0 Å². The lowest BCUT2D eigenvalue weighted by Crippen LogP contribution is -2.18. The molecule has 0 fully saturated rings. The molecule has 1 aromatic heterocycles. The summed E-state index contributed by atoms with van der Waals surface area (Å²) >= 11 is 0. The zero-order valence-electron chi connectivity index (χ0n) is 13.1. The molecule has 0 unspecified atom stereocenters. The quantitative estimate of drug-likeness (QED) is 0.908. The minimum absolute atomic E-state index is 0.0559. The van der Waals surface area contributed by atoms with Crippen molar-refractivity contribution in [1.29, 1.82) is 0 Å². The van der Waals surface area contributed by atoms with Crippen molar-refractivity contribution < 1.29 is 0 Å². The number of rotatable bonds is 3. The number of aromatic amines is 1. The van der Waals surface area contributed by atoms with Crippen molar-refractivity contribution in [1.82, 2.24) is 9.78 Å². The van der Waals surface area contributed by atoms with Crippen LogP contribution in [0.15, 0.2) is 29.1 Å². The van der Waals surface area contributed by atoms with E-state index in [0.717, 1.165) is 29.8 Å². The predicted octanol–water partition coefficient (Wildman–Crippen LogP) is 3.72. The van der Waals surface area contributed by atoms with Crippen molar-refractivity contribution in [3.8, 4) is 5.69 Å². The molecule has 0 radical (unpaired) electrons. The molecule has 20 heavy (non-hydrogen) atoms. The van der Waals surface area contributed by atoms with E-state index in [-0.39, 0.29) is 11.0 Å². The number of nitrogens with zero attached hydrogens (tertiary/aromatic N) is 1. The topological polar surface area (TPSA) is 37.8 Å². The van der Waals surface area contributed by atoms with Crippen LogP contribution >= 0.6 is 0 Å². The van der Waals surface area contributed by atoms with Gasteiger partial charge in [-0.05, 0) is 25.5 Å². The van der Waals surface area contributed by atoms with Crippen molar-refractivity contribution in [3.05, 3.63) is 51.4 Å². The van der Waals surface area contributed by atoms with Gasteiger partial charge in [0.15, 0.2) is 0 Å². The first kappa shape index (κ1) is 14.6. The molecule has 1 heterocycles. The summed E-state index contributed by atoms with van der Waals surface area (Å²) < 4.78 is 1.67. The lowest BCUT2D eigenvalue weighted by Gasteiger charge is -2.18. The highest BCUT2D eigenvalue weighted by atomic mass is 16.1. The zero-order chi connectivity index (χ0) is 14.9. The van der Waals surface area contributed by atoms with E-state index in [1.165, 1.54) is 5.56 Å². The number of nitrogens with one attached hydrogen (secondary N) is 1. The van der Waals surface area contributed by atoms with Gasteiger partial charge in [-0.25, -0.2) is 4.68 Å². The summed E-state index contributed by atoms with van der Waals surface area (Å²) in [5.41, 5.74) is 4.08. The van der Waals surface area contributed by atoms with Crippen LogP contribution in [0.2, 0.25) is 0 Å². The lowest BCUT2D eigenvalue weighted by atomic mass is 9.88. The van der Waals surface area contributed by atoms with Gasteiger partial charge in [-0.15, -0.1) is 0 Å². The smallest absolute Gasteiger partial charge is 0.274 e. The lowest BCUT2D eigenvalue weighted by molar-refractivity contribution is 0.553. The second-order valence-electron chi connectivity index (χ2n) is 6.44. The molecule has 0 saturated heterocycles. The fraction of sp³-hybridized carbons (Fsp3) is 0.471. The average Bonchev–Trinajstić information content (AvgIpc) is 2.69. The number of H-pyrrole nitrogens is 1. The Balaban J connectivity index is 2.61. The molecule has 2 aromatic rings. The van der Waals surface area contributed by atoms with Crippen molar-refractivity contribution in [2.45, 2.75) is 52.9 Å². The summed E-state index contributed by atoms with van der Waals surface area (Å²) in [4.78, 5) is 12.6. The third kappa shape index (κ3) is 2.72. The number of aryl methyl sites for hydroxylation is 1. The predicted molar refractivity (Wildman–Crippen MR) is 83.8 cm³/mol. The second-order valence-corrected chi connectivity index (χ2v) is 6.44. The van der Waals surface area contributed by atoms with E-state index >= 15 is 0 Å². The summed E-state index contributed by atoms with van der Waals surface area (Å²) in [6.45, 7) is 10.6. The Morgan fingerprint density at radius 3 is 2.25 bits per heavy atom. The zero-order valence-corrected chi connectivity index (χ0v) is 13.1. The van der Waals surface area contributed by atoms with Crippen molar-refractivity contribution in [2.75, 3.05) is 0 Å². The third-order valence-corrected chi connectivity index (χ3v) is 3.53. The van der Waals surface area contributed by atoms with Crippen molar-refractivity contribution in [3.63, 3.8) is 0 Å². The second kappa shape index (κ2) is 5.31. The Morgan fingerprint density at radius 1 is 1.15 bits per heavy atom. The van der Waals surface area contributed by atoms with Crippen LogP contribution in [0.5, 0.6) is 0 Å². The van der Waals surface area contributed by atoms with Crippen LogP contribution in [-0.4, -0.2) is 9.78 Å². The molecule has 0 aliphatic rings. The highest BCUT2D eigenvalue weighted by molar-refractivity contribution is 5.36. The van der Waals surface area contributed by atoms with Crippen LogP contribution in [0.4, 0.5) is 0 Å². The summed E-state index contributed by atoms with van der Waals surface area (Å²) in [5, 5.41) is 3.31. The van der Waals surface area contributed by atoms with Crippen LogP contribution in [0, 0.1) is 6.92 Å². The molecule has 0 bridgehead atoms. The largest absolute Gasteiger partial charge is 0.294 e. The van der Waals surface area contributed by atoms with E-state index in [0.29, 0.717) is 0 Å². The monoisotopic (exact) mass is 272 g/mol. The van der Waals surface area contributed by atoms with Crippen molar-refractivity contribution in [2.24, 2.45) is 0 Å². The van der Waals surface area contributed by atoms with Gasteiger partial charge in [0.2, 0.25) is 0 Å². The van der Waals surface area contributed by atoms with E-state index in [2.05, 4.69) is 32.8 Å². The molecule has 2 rings (SSSR count). The maximum atomic E-state index is 12.6. The van der Waals surface area contributed by atoms with Gasteiger partial charge in [0.25, 0.3) is 5.56 Å². The molecule has 1 aromatic carbocycles. The van der Waals surface area contributed by atoms with Crippen molar-refractivity contribution >= 4 is 0 Å². The Bertz CT molecular complexity index is 639. The molecule has 1 N–H and O–H groups in total. The maximum absolute atomic E-state index is 12.6. The first-order chi connectivity index (χ1) is 9.34. The molecule has 0 saturated carbocycles. The van der Waals surface area contributed by atoms with Gasteiger partial charge in [0.05, 0.1) is 5.69 Å². The first-order valence-corrected chi connectivity index (χ1v) is 7.26. The first-order valence-electron chi connectivity index (χ1n) is 7.26. The third-order valence-electron chi connectivity index (χ3n) is 3.53. The summed E-state index contributed by atoms with van der Waals surface area (Å²) in [7, 11) is 0. The fourth-order valence-corrected chi connectivity index (χ4v) is 2.45. The van der Waals surface area contributed by atoms with Crippen LogP contribution < -0.4 is 5.56 Å². The molecule has 0 atom stereocenters. The van der Waals surface area contributed by atoms with Gasteiger partial charge in [-0.1, -0.05) is 51.8 Å². The van der Waals surface area contributed by atoms with E-state index in [4.69, 9.17) is 0 Å². The molecule has 0 aliphatic heterocycles. The Morgan fingerprint density at radius 2 is 1.75 bits per heavy atom. The summed E-state index contributed by atoms with van der Waals surface area (Å²) in [6, 6.07) is 8.02. The summed E-state index contributed by atoms with van der Waals surface area (Å²) in [5.74, 6) is 0. The average molecular weight is 272 g/mol. The highest BCUT2D eigenvalue weighted by Gasteiger charge is 2.24. The number of aromatic nitrogens is 2. The number of benzene rings is 1.